The van der Waals surface area contributed by atoms with Crippen LogP contribution in [0.3, 0.4) is 0 Å². The molecule has 3 heteroatoms. The standard InChI is InChI=1S/C14H16ClNO/c15-13-6-4-12(5-7-13)14(10-16-11-17)8-2-1-3-9-14/h4-7H,1-3,8-10H2. The Morgan fingerprint density at radius 2 is 1.82 bits per heavy atom. The zero-order valence-electron chi connectivity index (χ0n) is 9.79. The number of hydrogen-bond donors (Lipinski definition) is 0. The number of benzene rings is 1. The van der Waals surface area contributed by atoms with E-state index in [2.05, 4.69) is 17.1 Å². The van der Waals surface area contributed by atoms with Crippen LogP contribution in [-0.4, -0.2) is 12.6 Å². The van der Waals surface area contributed by atoms with Crippen LogP contribution in [0.4, 0.5) is 0 Å². The van der Waals surface area contributed by atoms with Gasteiger partial charge in [0.1, 0.15) is 0 Å². The minimum atomic E-state index is 0.0280. The molecule has 0 N–H and O–H groups in total. The molecular weight excluding hydrogens is 234 g/mol. The lowest BCUT2D eigenvalue weighted by molar-refractivity contribution is 0.301. The fourth-order valence-corrected chi connectivity index (χ4v) is 2.88. The van der Waals surface area contributed by atoms with Gasteiger partial charge in [-0.1, -0.05) is 43.0 Å². The van der Waals surface area contributed by atoms with Crippen LogP contribution < -0.4 is 0 Å². The number of nitrogens with zero attached hydrogens (tertiary/aromatic N) is 1. The van der Waals surface area contributed by atoms with Gasteiger partial charge >= 0.3 is 0 Å². The molecule has 1 aliphatic rings. The van der Waals surface area contributed by atoms with Crippen LogP contribution >= 0.6 is 11.6 Å². The maximum absolute atomic E-state index is 10.4. The fourth-order valence-electron chi connectivity index (χ4n) is 2.75. The second-order valence-electron chi connectivity index (χ2n) is 4.76. The highest BCUT2D eigenvalue weighted by Crippen LogP contribution is 2.40. The first-order valence-electron chi connectivity index (χ1n) is 6.06. The molecule has 2 rings (SSSR count). The van der Waals surface area contributed by atoms with Gasteiger partial charge in [0.2, 0.25) is 6.08 Å². The summed E-state index contributed by atoms with van der Waals surface area (Å²) in [6.45, 7) is 0.554. The number of hydrogen-bond acceptors (Lipinski definition) is 2. The maximum atomic E-state index is 10.4. The van der Waals surface area contributed by atoms with Crippen molar-refractivity contribution in [3.8, 4) is 0 Å². The molecule has 0 atom stereocenters. The predicted octanol–water partition coefficient (Wildman–Crippen LogP) is 3.88. The van der Waals surface area contributed by atoms with Crippen molar-refractivity contribution in [3.05, 3.63) is 34.9 Å². The van der Waals surface area contributed by atoms with Crippen molar-refractivity contribution in [2.45, 2.75) is 37.5 Å². The van der Waals surface area contributed by atoms with Crippen LogP contribution in [0.15, 0.2) is 29.3 Å². The molecule has 1 fully saturated rings. The number of halogens is 1. The third-order valence-corrected chi connectivity index (χ3v) is 3.97. The van der Waals surface area contributed by atoms with Gasteiger partial charge in [-0.2, -0.15) is 0 Å². The molecule has 0 saturated heterocycles. The average Bonchev–Trinajstić information content (AvgIpc) is 2.38. The molecule has 0 bridgehead atoms. The first kappa shape index (κ1) is 12.3. The number of rotatable bonds is 3. The third-order valence-electron chi connectivity index (χ3n) is 3.71. The van der Waals surface area contributed by atoms with Crippen molar-refractivity contribution in [1.82, 2.24) is 0 Å². The van der Waals surface area contributed by atoms with Gasteiger partial charge in [-0.05, 0) is 30.5 Å². The lowest BCUT2D eigenvalue weighted by Crippen LogP contribution is -2.32. The van der Waals surface area contributed by atoms with Crippen LogP contribution in [-0.2, 0) is 10.2 Å². The zero-order chi connectivity index (χ0) is 12.1. The first-order chi connectivity index (χ1) is 8.27. The Kier molecular flexibility index (Phi) is 3.98. The molecule has 2 nitrogen and oxygen atoms in total. The smallest absolute Gasteiger partial charge is 0.211 e. The van der Waals surface area contributed by atoms with Crippen LogP contribution in [0.5, 0.6) is 0 Å². The molecule has 1 aliphatic carbocycles. The molecule has 1 aromatic rings. The largest absolute Gasteiger partial charge is 0.234 e. The molecule has 0 spiro atoms. The molecule has 17 heavy (non-hydrogen) atoms. The summed E-state index contributed by atoms with van der Waals surface area (Å²) in [5.74, 6) is 0. The minimum absolute atomic E-state index is 0.0280. The Hall–Kier alpha value is -1.11. The Labute approximate surface area is 107 Å². The summed E-state index contributed by atoms with van der Waals surface area (Å²) < 4.78 is 0. The van der Waals surface area contributed by atoms with Crippen molar-refractivity contribution in [1.29, 1.82) is 0 Å². The third kappa shape index (κ3) is 2.77. The Morgan fingerprint density at radius 1 is 1.18 bits per heavy atom. The van der Waals surface area contributed by atoms with Crippen LogP contribution in [0.25, 0.3) is 0 Å². The molecular formula is C14H16ClNO. The highest BCUT2D eigenvalue weighted by Gasteiger charge is 2.33. The molecule has 0 aromatic heterocycles. The number of aliphatic imine (C=N–C) groups is 1. The van der Waals surface area contributed by atoms with E-state index in [4.69, 9.17) is 11.6 Å². The summed E-state index contributed by atoms with van der Waals surface area (Å²) in [5.41, 5.74) is 1.28. The van der Waals surface area contributed by atoms with Gasteiger partial charge in [0, 0.05) is 10.4 Å². The van der Waals surface area contributed by atoms with Gasteiger partial charge in [-0.3, -0.25) is 0 Å². The Balaban J connectivity index is 2.31. The van der Waals surface area contributed by atoms with E-state index in [0.29, 0.717) is 6.54 Å². The van der Waals surface area contributed by atoms with E-state index in [-0.39, 0.29) is 5.41 Å². The van der Waals surface area contributed by atoms with Crippen molar-refractivity contribution in [2.75, 3.05) is 6.54 Å². The lowest BCUT2D eigenvalue weighted by Gasteiger charge is -2.36. The van der Waals surface area contributed by atoms with Crippen LogP contribution in [0.2, 0.25) is 5.02 Å². The lowest BCUT2D eigenvalue weighted by atomic mass is 9.69. The Bertz CT molecular complexity index is 414. The number of carbonyl (C=O) groups excluding carboxylic acids is 1. The topological polar surface area (TPSA) is 29.4 Å². The molecule has 0 radical (unpaired) electrons. The summed E-state index contributed by atoms with van der Waals surface area (Å²) in [7, 11) is 0. The quantitative estimate of drug-likeness (QED) is 0.591. The van der Waals surface area contributed by atoms with Gasteiger partial charge in [0.05, 0.1) is 6.54 Å². The van der Waals surface area contributed by atoms with Gasteiger partial charge in [0.15, 0.2) is 0 Å². The monoisotopic (exact) mass is 249 g/mol. The highest BCUT2D eigenvalue weighted by atomic mass is 35.5. The van der Waals surface area contributed by atoms with E-state index in [9.17, 15) is 4.79 Å². The van der Waals surface area contributed by atoms with E-state index >= 15 is 0 Å². The van der Waals surface area contributed by atoms with E-state index in [1.54, 1.807) is 6.08 Å². The van der Waals surface area contributed by atoms with Crippen LogP contribution in [0.1, 0.15) is 37.7 Å². The second kappa shape index (κ2) is 5.48. The molecule has 0 amide bonds. The fraction of sp³-hybridized carbons (Fsp3) is 0.500. The van der Waals surface area contributed by atoms with E-state index in [0.717, 1.165) is 17.9 Å². The second-order valence-corrected chi connectivity index (χ2v) is 5.19. The summed E-state index contributed by atoms with van der Waals surface area (Å²) in [4.78, 5) is 14.2. The Morgan fingerprint density at radius 3 is 2.41 bits per heavy atom. The maximum Gasteiger partial charge on any atom is 0.234 e. The molecule has 1 saturated carbocycles. The van der Waals surface area contributed by atoms with E-state index < -0.39 is 0 Å². The van der Waals surface area contributed by atoms with Gasteiger partial charge in [-0.25, -0.2) is 9.79 Å². The SMILES string of the molecule is O=C=NCC1(c2ccc(Cl)cc2)CCCCC1. The summed E-state index contributed by atoms with van der Waals surface area (Å²) in [6, 6.07) is 7.96. The average molecular weight is 250 g/mol. The van der Waals surface area contributed by atoms with Gasteiger partial charge < -0.3 is 0 Å². The van der Waals surface area contributed by atoms with Crippen molar-refractivity contribution < 1.29 is 4.79 Å². The molecule has 0 aliphatic heterocycles. The van der Waals surface area contributed by atoms with E-state index in [1.165, 1.54) is 24.8 Å². The van der Waals surface area contributed by atoms with E-state index in [1.807, 2.05) is 12.1 Å². The summed E-state index contributed by atoms with van der Waals surface area (Å²) in [6.07, 6.45) is 7.55. The van der Waals surface area contributed by atoms with Gasteiger partial charge in [0.25, 0.3) is 0 Å². The molecule has 0 unspecified atom stereocenters. The van der Waals surface area contributed by atoms with Crippen LogP contribution in [0, 0.1) is 0 Å². The predicted molar refractivity (Wildman–Crippen MR) is 69.2 cm³/mol. The molecule has 90 valence electrons. The summed E-state index contributed by atoms with van der Waals surface area (Å²) >= 11 is 5.91. The first-order valence-corrected chi connectivity index (χ1v) is 6.44. The highest BCUT2D eigenvalue weighted by molar-refractivity contribution is 6.30. The van der Waals surface area contributed by atoms with Crippen molar-refractivity contribution in [2.24, 2.45) is 4.99 Å². The molecule has 1 aromatic carbocycles. The van der Waals surface area contributed by atoms with Gasteiger partial charge in [-0.15, -0.1) is 0 Å². The zero-order valence-corrected chi connectivity index (χ0v) is 10.5. The summed E-state index contributed by atoms with van der Waals surface area (Å²) in [5, 5.41) is 0.749. The van der Waals surface area contributed by atoms with Crippen molar-refractivity contribution in [3.63, 3.8) is 0 Å². The minimum Gasteiger partial charge on any atom is -0.211 e. The van der Waals surface area contributed by atoms with Crippen molar-refractivity contribution >= 4 is 17.7 Å². The normalized spacial score (nSPS) is 18.4. The number of isocyanates is 1. The molecule has 0 heterocycles.